The second-order valence-electron chi connectivity index (χ2n) is 3.49. The molecule has 76 valence electrons. The zero-order chi connectivity index (χ0) is 9.97. The van der Waals surface area contributed by atoms with Crippen molar-refractivity contribution in [1.29, 1.82) is 0 Å². The number of hydrogen-bond donors (Lipinski definition) is 2. The fourth-order valence-electron chi connectivity index (χ4n) is 1.76. The molecule has 1 heterocycles. The molecular formula is C10H14ClN2O+. The molecule has 1 fully saturated rings. The highest BCUT2D eigenvalue weighted by molar-refractivity contribution is 6.30. The highest BCUT2D eigenvalue weighted by Crippen LogP contribution is 2.29. The van der Waals surface area contributed by atoms with Gasteiger partial charge in [-0.2, -0.15) is 0 Å². The van der Waals surface area contributed by atoms with E-state index in [9.17, 15) is 5.11 Å². The number of piperazine rings is 1. The Bertz CT molecular complexity index is 324. The summed E-state index contributed by atoms with van der Waals surface area (Å²) in [6.07, 6.45) is 0. The molecule has 1 aliphatic rings. The lowest BCUT2D eigenvalue weighted by molar-refractivity contribution is -0.655. The zero-order valence-corrected chi connectivity index (χ0v) is 8.67. The Morgan fingerprint density at radius 2 is 2.00 bits per heavy atom. The highest BCUT2D eigenvalue weighted by atomic mass is 35.5. The summed E-state index contributed by atoms with van der Waals surface area (Å²) in [4.78, 5) is 2.19. The van der Waals surface area contributed by atoms with E-state index in [1.807, 2.05) is 12.1 Å². The molecule has 4 heteroatoms. The summed E-state index contributed by atoms with van der Waals surface area (Å²) in [6, 6.07) is 5.28. The molecule has 0 unspecified atom stereocenters. The Hall–Kier alpha value is -0.930. The van der Waals surface area contributed by atoms with Crippen molar-refractivity contribution < 1.29 is 10.4 Å². The maximum absolute atomic E-state index is 9.71. The molecule has 0 atom stereocenters. The summed E-state index contributed by atoms with van der Waals surface area (Å²) >= 11 is 5.77. The van der Waals surface area contributed by atoms with Gasteiger partial charge < -0.3 is 15.3 Å². The second kappa shape index (κ2) is 4.07. The first-order chi connectivity index (χ1) is 6.77. The molecule has 2 rings (SSSR count). The predicted octanol–water partition coefficient (Wildman–Crippen LogP) is 0.429. The van der Waals surface area contributed by atoms with Gasteiger partial charge in [0, 0.05) is 11.1 Å². The van der Waals surface area contributed by atoms with E-state index < -0.39 is 0 Å². The molecule has 1 aliphatic heterocycles. The molecule has 0 amide bonds. The lowest BCUT2D eigenvalue weighted by Gasteiger charge is -2.27. The number of anilines is 1. The molecule has 0 spiro atoms. The number of rotatable bonds is 1. The molecule has 1 saturated heterocycles. The molecule has 0 aromatic heterocycles. The van der Waals surface area contributed by atoms with Crippen LogP contribution in [-0.2, 0) is 0 Å². The molecule has 3 N–H and O–H groups in total. The smallest absolute Gasteiger partial charge is 0.140 e. The minimum Gasteiger partial charge on any atom is -0.506 e. The van der Waals surface area contributed by atoms with Crippen LogP contribution in [0.5, 0.6) is 5.75 Å². The van der Waals surface area contributed by atoms with E-state index in [1.165, 1.54) is 0 Å². The number of phenols is 1. The van der Waals surface area contributed by atoms with Crippen molar-refractivity contribution in [2.24, 2.45) is 0 Å². The minimum absolute atomic E-state index is 0.277. The molecule has 14 heavy (non-hydrogen) atoms. The van der Waals surface area contributed by atoms with Crippen molar-refractivity contribution in [3.63, 3.8) is 0 Å². The topological polar surface area (TPSA) is 40.1 Å². The van der Waals surface area contributed by atoms with Gasteiger partial charge in [0.25, 0.3) is 0 Å². The fraction of sp³-hybridized carbons (Fsp3) is 0.400. The minimum atomic E-state index is 0.277. The first kappa shape index (κ1) is 9.62. The number of aromatic hydroxyl groups is 1. The maximum atomic E-state index is 9.71. The molecule has 0 bridgehead atoms. The van der Waals surface area contributed by atoms with Gasteiger partial charge in [-0.05, 0) is 12.1 Å². The molecule has 1 aromatic rings. The van der Waals surface area contributed by atoms with Crippen molar-refractivity contribution in [2.75, 3.05) is 31.1 Å². The van der Waals surface area contributed by atoms with E-state index >= 15 is 0 Å². The van der Waals surface area contributed by atoms with Crippen molar-refractivity contribution in [3.05, 3.63) is 23.2 Å². The Morgan fingerprint density at radius 1 is 1.29 bits per heavy atom. The van der Waals surface area contributed by atoms with E-state index in [2.05, 4.69) is 10.2 Å². The van der Waals surface area contributed by atoms with Gasteiger partial charge in [0.2, 0.25) is 0 Å². The van der Waals surface area contributed by atoms with E-state index in [4.69, 9.17) is 11.6 Å². The zero-order valence-electron chi connectivity index (χ0n) is 7.91. The summed E-state index contributed by atoms with van der Waals surface area (Å²) in [5.74, 6) is 0.277. The van der Waals surface area contributed by atoms with Crippen LogP contribution in [0.2, 0.25) is 5.02 Å². The van der Waals surface area contributed by atoms with Gasteiger partial charge in [-0.1, -0.05) is 11.6 Å². The van der Waals surface area contributed by atoms with Crippen LogP contribution in [0.4, 0.5) is 5.69 Å². The van der Waals surface area contributed by atoms with Gasteiger partial charge in [-0.3, -0.25) is 0 Å². The second-order valence-corrected chi connectivity index (χ2v) is 3.92. The molecule has 0 aliphatic carbocycles. The number of quaternary nitrogens is 1. The van der Waals surface area contributed by atoms with E-state index in [0.29, 0.717) is 5.02 Å². The normalized spacial score (nSPS) is 17.1. The standard InChI is InChI=1S/C10H13ClN2O/c11-8-1-2-9(10(14)7-8)13-5-3-12-4-6-13/h1-2,7,12,14H,3-6H2/p+1. The third kappa shape index (κ3) is 1.94. The lowest BCUT2D eigenvalue weighted by Crippen LogP contribution is -2.89. The predicted molar refractivity (Wildman–Crippen MR) is 57.0 cm³/mol. The van der Waals surface area contributed by atoms with Gasteiger partial charge in [0.1, 0.15) is 5.75 Å². The van der Waals surface area contributed by atoms with Crippen LogP contribution in [0.3, 0.4) is 0 Å². The highest BCUT2D eigenvalue weighted by Gasteiger charge is 2.15. The molecule has 0 saturated carbocycles. The first-order valence-electron chi connectivity index (χ1n) is 4.82. The van der Waals surface area contributed by atoms with Gasteiger partial charge in [0.05, 0.1) is 31.9 Å². The summed E-state index contributed by atoms with van der Waals surface area (Å²) in [7, 11) is 0. The summed E-state index contributed by atoms with van der Waals surface area (Å²) in [6.45, 7) is 4.13. The number of phenolic OH excluding ortho intramolecular Hbond substituents is 1. The van der Waals surface area contributed by atoms with Crippen LogP contribution in [0, 0.1) is 0 Å². The van der Waals surface area contributed by atoms with E-state index in [0.717, 1.165) is 31.9 Å². The molecular weight excluding hydrogens is 200 g/mol. The Kier molecular flexibility index (Phi) is 2.79. The lowest BCUT2D eigenvalue weighted by atomic mass is 10.2. The number of halogens is 1. The number of nitrogens with zero attached hydrogens (tertiary/aromatic N) is 1. The SMILES string of the molecule is Oc1cc(Cl)ccc1N1CC[NH2+]CC1. The van der Waals surface area contributed by atoms with Gasteiger partial charge in [-0.25, -0.2) is 0 Å². The van der Waals surface area contributed by atoms with Crippen molar-refractivity contribution in [3.8, 4) is 5.75 Å². The van der Waals surface area contributed by atoms with Crippen LogP contribution >= 0.6 is 11.6 Å². The third-order valence-corrected chi connectivity index (χ3v) is 2.72. The number of hydrogen-bond acceptors (Lipinski definition) is 2. The van der Waals surface area contributed by atoms with Crippen LogP contribution < -0.4 is 10.2 Å². The summed E-state index contributed by atoms with van der Waals surface area (Å²) in [5.41, 5.74) is 0.891. The van der Waals surface area contributed by atoms with Crippen LogP contribution in [0.1, 0.15) is 0 Å². The average molecular weight is 214 g/mol. The van der Waals surface area contributed by atoms with Crippen molar-refractivity contribution >= 4 is 17.3 Å². The molecule has 3 nitrogen and oxygen atoms in total. The Labute approximate surface area is 88.3 Å². The van der Waals surface area contributed by atoms with Crippen LogP contribution in [-0.4, -0.2) is 31.3 Å². The fourth-order valence-corrected chi connectivity index (χ4v) is 1.92. The quantitative estimate of drug-likeness (QED) is 0.711. The van der Waals surface area contributed by atoms with Gasteiger partial charge in [-0.15, -0.1) is 0 Å². The van der Waals surface area contributed by atoms with Gasteiger partial charge >= 0.3 is 0 Å². The monoisotopic (exact) mass is 213 g/mol. The number of nitrogens with two attached hydrogens (primary N) is 1. The Morgan fingerprint density at radius 3 is 2.64 bits per heavy atom. The Balaban J connectivity index is 2.22. The molecule has 1 aromatic carbocycles. The van der Waals surface area contributed by atoms with E-state index in [1.54, 1.807) is 6.07 Å². The average Bonchev–Trinajstić information content (AvgIpc) is 2.19. The third-order valence-electron chi connectivity index (χ3n) is 2.48. The van der Waals surface area contributed by atoms with Crippen LogP contribution in [0.15, 0.2) is 18.2 Å². The van der Waals surface area contributed by atoms with Crippen LogP contribution in [0.25, 0.3) is 0 Å². The van der Waals surface area contributed by atoms with E-state index in [-0.39, 0.29) is 5.75 Å². The summed E-state index contributed by atoms with van der Waals surface area (Å²) < 4.78 is 0. The first-order valence-corrected chi connectivity index (χ1v) is 5.20. The summed E-state index contributed by atoms with van der Waals surface area (Å²) in [5, 5.41) is 12.6. The van der Waals surface area contributed by atoms with Crippen molar-refractivity contribution in [2.45, 2.75) is 0 Å². The van der Waals surface area contributed by atoms with Crippen molar-refractivity contribution in [1.82, 2.24) is 0 Å². The maximum Gasteiger partial charge on any atom is 0.140 e. The number of benzene rings is 1. The largest absolute Gasteiger partial charge is 0.506 e. The van der Waals surface area contributed by atoms with Gasteiger partial charge in [0.15, 0.2) is 0 Å². The molecule has 0 radical (unpaired) electrons.